The van der Waals surface area contributed by atoms with Crippen molar-refractivity contribution in [3.8, 4) is 5.75 Å². The number of piperidine rings is 1. The summed E-state index contributed by atoms with van der Waals surface area (Å²) in [6, 6.07) is 11.3. The minimum atomic E-state index is -0.170. The van der Waals surface area contributed by atoms with Gasteiger partial charge in [0, 0.05) is 30.5 Å². The van der Waals surface area contributed by atoms with Gasteiger partial charge in [-0.05, 0) is 69.5 Å². The molecule has 0 aliphatic carbocycles. The first-order valence-electron chi connectivity index (χ1n) is 11.2. The Balaban J connectivity index is 1.50. The van der Waals surface area contributed by atoms with Crippen LogP contribution in [0, 0.1) is 20.8 Å². The Morgan fingerprint density at radius 1 is 1.15 bits per heavy atom. The molecule has 4 rings (SSSR count). The number of rotatable bonds is 6. The maximum atomic E-state index is 13.4. The second-order valence-electron chi connectivity index (χ2n) is 8.51. The van der Waals surface area contributed by atoms with Crippen molar-refractivity contribution in [3.63, 3.8) is 0 Å². The van der Waals surface area contributed by atoms with Crippen LogP contribution in [0.1, 0.15) is 35.6 Å². The molecule has 2 aromatic heterocycles. The summed E-state index contributed by atoms with van der Waals surface area (Å²) in [5.41, 5.74) is 3.63. The molecule has 174 valence electrons. The van der Waals surface area contributed by atoms with Crippen molar-refractivity contribution < 1.29 is 13.9 Å². The third-order valence-electron chi connectivity index (χ3n) is 5.92. The number of urea groups is 1. The third kappa shape index (κ3) is 5.45. The molecule has 0 saturated carbocycles. The van der Waals surface area contributed by atoms with E-state index < -0.39 is 0 Å². The van der Waals surface area contributed by atoms with Crippen molar-refractivity contribution in [2.24, 2.45) is 0 Å². The van der Waals surface area contributed by atoms with E-state index in [0.29, 0.717) is 18.0 Å². The zero-order chi connectivity index (χ0) is 23.4. The standard InChI is InChI=1S/C25H31N5O3/c1-17-7-8-23(32-4)22(14-17)28-25(31)30(16-21-6-5-13-33-21)20-9-11-29(12-10-20)24-26-18(2)15-19(3)27-24/h5-8,13-15,20H,9-12,16H2,1-4H3,(H,28,31). The number of furan rings is 1. The van der Waals surface area contributed by atoms with E-state index >= 15 is 0 Å². The van der Waals surface area contributed by atoms with Crippen LogP contribution in [0.25, 0.3) is 0 Å². The molecule has 1 aliphatic rings. The molecule has 1 aliphatic heterocycles. The fourth-order valence-electron chi connectivity index (χ4n) is 4.27. The highest BCUT2D eigenvalue weighted by Crippen LogP contribution is 2.28. The zero-order valence-corrected chi connectivity index (χ0v) is 19.7. The Hall–Kier alpha value is -3.55. The SMILES string of the molecule is COc1ccc(C)cc1NC(=O)N(Cc1ccco1)C1CCN(c2nc(C)cc(C)n2)CC1. The Kier molecular flexibility index (Phi) is 6.82. The predicted molar refractivity (Wildman–Crippen MR) is 128 cm³/mol. The van der Waals surface area contributed by atoms with Crippen molar-refractivity contribution in [2.75, 3.05) is 30.4 Å². The largest absolute Gasteiger partial charge is 0.495 e. The highest BCUT2D eigenvalue weighted by atomic mass is 16.5. The van der Waals surface area contributed by atoms with Gasteiger partial charge in [-0.25, -0.2) is 14.8 Å². The number of ether oxygens (including phenoxy) is 1. The molecule has 0 atom stereocenters. The Morgan fingerprint density at radius 3 is 2.52 bits per heavy atom. The van der Waals surface area contributed by atoms with Crippen LogP contribution in [-0.2, 0) is 6.54 Å². The molecule has 1 N–H and O–H groups in total. The maximum absolute atomic E-state index is 13.4. The second-order valence-corrected chi connectivity index (χ2v) is 8.51. The Morgan fingerprint density at radius 2 is 1.88 bits per heavy atom. The molecule has 0 spiro atoms. The lowest BCUT2D eigenvalue weighted by Crippen LogP contribution is -2.48. The number of hydrogen-bond acceptors (Lipinski definition) is 6. The van der Waals surface area contributed by atoms with E-state index in [4.69, 9.17) is 9.15 Å². The summed E-state index contributed by atoms with van der Waals surface area (Å²) in [7, 11) is 1.60. The van der Waals surface area contributed by atoms with E-state index in [1.165, 1.54) is 0 Å². The number of aromatic nitrogens is 2. The molecule has 1 fully saturated rings. The number of amides is 2. The number of carbonyl (C=O) groups is 1. The second kappa shape index (κ2) is 9.94. The Bertz CT molecular complexity index is 1070. The Labute approximate surface area is 194 Å². The third-order valence-corrected chi connectivity index (χ3v) is 5.92. The monoisotopic (exact) mass is 449 g/mol. The molecular formula is C25H31N5O3. The summed E-state index contributed by atoms with van der Waals surface area (Å²) in [5.74, 6) is 2.15. The van der Waals surface area contributed by atoms with E-state index in [0.717, 1.165) is 54.6 Å². The topological polar surface area (TPSA) is 83.7 Å². The van der Waals surface area contributed by atoms with Crippen molar-refractivity contribution in [2.45, 2.75) is 46.2 Å². The van der Waals surface area contributed by atoms with Gasteiger partial charge in [0.25, 0.3) is 0 Å². The van der Waals surface area contributed by atoms with E-state index in [9.17, 15) is 4.79 Å². The van der Waals surface area contributed by atoms with Gasteiger partial charge in [0.05, 0.1) is 25.6 Å². The van der Waals surface area contributed by atoms with Crippen molar-refractivity contribution in [1.29, 1.82) is 0 Å². The van der Waals surface area contributed by atoms with Crippen LogP contribution in [-0.4, -0.2) is 47.1 Å². The van der Waals surface area contributed by atoms with Gasteiger partial charge in [-0.1, -0.05) is 6.07 Å². The number of nitrogens with one attached hydrogen (secondary N) is 1. The normalized spacial score (nSPS) is 14.2. The maximum Gasteiger partial charge on any atom is 0.322 e. The number of nitrogens with zero attached hydrogens (tertiary/aromatic N) is 4. The average molecular weight is 450 g/mol. The van der Waals surface area contributed by atoms with Crippen LogP contribution < -0.4 is 15.0 Å². The van der Waals surface area contributed by atoms with Gasteiger partial charge in [-0.15, -0.1) is 0 Å². The van der Waals surface area contributed by atoms with E-state index in [1.807, 2.05) is 62.1 Å². The van der Waals surface area contributed by atoms with E-state index in [1.54, 1.807) is 13.4 Å². The lowest BCUT2D eigenvalue weighted by Gasteiger charge is -2.38. The molecule has 2 amide bonds. The van der Waals surface area contributed by atoms with Gasteiger partial charge in [0.15, 0.2) is 0 Å². The van der Waals surface area contributed by atoms with Crippen LogP contribution >= 0.6 is 0 Å². The van der Waals surface area contributed by atoms with Crippen LogP contribution in [0.15, 0.2) is 47.1 Å². The summed E-state index contributed by atoms with van der Waals surface area (Å²) in [6.07, 6.45) is 3.26. The number of methoxy groups -OCH3 is 1. The minimum Gasteiger partial charge on any atom is -0.495 e. The molecule has 8 heteroatoms. The number of benzene rings is 1. The van der Waals surface area contributed by atoms with Gasteiger partial charge in [-0.3, -0.25) is 0 Å². The molecule has 1 aromatic carbocycles. The quantitative estimate of drug-likeness (QED) is 0.587. The molecule has 0 unspecified atom stereocenters. The number of aryl methyl sites for hydroxylation is 3. The molecule has 0 radical (unpaired) electrons. The highest BCUT2D eigenvalue weighted by molar-refractivity contribution is 5.91. The fraction of sp³-hybridized carbons (Fsp3) is 0.400. The smallest absolute Gasteiger partial charge is 0.322 e. The van der Waals surface area contributed by atoms with Gasteiger partial charge in [0.2, 0.25) is 5.95 Å². The van der Waals surface area contributed by atoms with Crippen molar-refractivity contribution in [3.05, 3.63) is 65.4 Å². The van der Waals surface area contributed by atoms with Crippen LogP contribution in [0.3, 0.4) is 0 Å². The van der Waals surface area contributed by atoms with E-state index in [-0.39, 0.29) is 12.1 Å². The number of carbonyl (C=O) groups excluding carboxylic acids is 1. The predicted octanol–water partition coefficient (Wildman–Crippen LogP) is 4.71. The van der Waals surface area contributed by atoms with Gasteiger partial charge >= 0.3 is 6.03 Å². The highest BCUT2D eigenvalue weighted by Gasteiger charge is 2.30. The molecule has 33 heavy (non-hydrogen) atoms. The summed E-state index contributed by atoms with van der Waals surface area (Å²) < 4.78 is 11.0. The summed E-state index contributed by atoms with van der Waals surface area (Å²) >= 11 is 0. The molecule has 0 bridgehead atoms. The lowest BCUT2D eigenvalue weighted by atomic mass is 10.0. The number of hydrogen-bond donors (Lipinski definition) is 1. The van der Waals surface area contributed by atoms with Crippen LogP contribution in [0.4, 0.5) is 16.4 Å². The summed E-state index contributed by atoms with van der Waals surface area (Å²) in [5, 5.41) is 3.05. The fourth-order valence-corrected chi connectivity index (χ4v) is 4.27. The first-order valence-corrected chi connectivity index (χ1v) is 11.2. The lowest BCUT2D eigenvalue weighted by molar-refractivity contribution is 0.163. The molecule has 8 nitrogen and oxygen atoms in total. The van der Waals surface area contributed by atoms with Gasteiger partial charge in [0.1, 0.15) is 11.5 Å². The first kappa shape index (κ1) is 22.6. The zero-order valence-electron chi connectivity index (χ0n) is 19.7. The van der Waals surface area contributed by atoms with Crippen LogP contribution in [0.2, 0.25) is 0 Å². The van der Waals surface area contributed by atoms with E-state index in [2.05, 4.69) is 20.2 Å². The summed E-state index contributed by atoms with van der Waals surface area (Å²) in [4.78, 5) is 26.7. The summed E-state index contributed by atoms with van der Waals surface area (Å²) in [6.45, 7) is 7.92. The average Bonchev–Trinajstić information content (AvgIpc) is 3.30. The molecule has 1 saturated heterocycles. The first-order chi connectivity index (χ1) is 15.9. The molecule has 3 aromatic rings. The van der Waals surface area contributed by atoms with Gasteiger partial charge in [-0.2, -0.15) is 0 Å². The van der Waals surface area contributed by atoms with Crippen molar-refractivity contribution in [1.82, 2.24) is 14.9 Å². The number of anilines is 2. The van der Waals surface area contributed by atoms with Gasteiger partial charge < -0.3 is 24.3 Å². The molecular weight excluding hydrogens is 418 g/mol. The van der Waals surface area contributed by atoms with Crippen molar-refractivity contribution >= 4 is 17.7 Å². The molecule has 3 heterocycles. The van der Waals surface area contributed by atoms with Crippen LogP contribution in [0.5, 0.6) is 5.75 Å². The minimum absolute atomic E-state index is 0.0630.